The maximum atomic E-state index is 14.3. The molecule has 11 heteroatoms. The van der Waals surface area contributed by atoms with Gasteiger partial charge >= 0.3 is 0 Å². The van der Waals surface area contributed by atoms with Crippen LogP contribution in [0.1, 0.15) is 36.7 Å². The number of nitrogens with zero attached hydrogens (tertiary/aromatic N) is 3. The van der Waals surface area contributed by atoms with Gasteiger partial charge in [0.25, 0.3) is 0 Å². The van der Waals surface area contributed by atoms with E-state index in [1.165, 1.54) is 10.9 Å². The minimum Gasteiger partial charge on any atom is -0.487 e. The van der Waals surface area contributed by atoms with E-state index in [2.05, 4.69) is 15.4 Å². The molecule has 8 nitrogen and oxygen atoms in total. The molecular formula is C27H27ClF2N4O4. The molecule has 0 saturated carbocycles. The quantitative estimate of drug-likeness (QED) is 0.288. The van der Waals surface area contributed by atoms with Crippen LogP contribution in [0.2, 0.25) is 5.02 Å². The van der Waals surface area contributed by atoms with Gasteiger partial charge in [-0.15, -0.1) is 0 Å². The topological polar surface area (TPSA) is 110 Å². The highest BCUT2D eigenvalue weighted by Gasteiger charge is 2.25. The van der Waals surface area contributed by atoms with Crippen molar-refractivity contribution in [1.82, 2.24) is 20.1 Å². The van der Waals surface area contributed by atoms with E-state index in [4.69, 9.17) is 16.3 Å². The predicted octanol–water partition coefficient (Wildman–Crippen LogP) is 4.41. The van der Waals surface area contributed by atoms with Crippen LogP contribution in [-0.2, 0) is 11.4 Å². The van der Waals surface area contributed by atoms with Crippen LogP contribution in [0, 0.1) is 24.5 Å². The van der Waals surface area contributed by atoms with Crippen LogP contribution < -0.4 is 10.1 Å². The molecule has 0 aliphatic carbocycles. The first-order valence-corrected chi connectivity index (χ1v) is 12.3. The zero-order valence-electron chi connectivity index (χ0n) is 21.0. The van der Waals surface area contributed by atoms with Gasteiger partial charge in [0.1, 0.15) is 29.8 Å². The molecule has 4 rings (SSSR count). The highest BCUT2D eigenvalue weighted by molar-refractivity contribution is 6.31. The molecule has 0 spiro atoms. The Balaban J connectivity index is 1.69. The Bertz CT molecular complexity index is 1480. The average Bonchev–Trinajstić information content (AvgIpc) is 3.31. The Hall–Kier alpha value is -3.60. The molecule has 0 unspecified atom stereocenters. The maximum absolute atomic E-state index is 14.3. The summed E-state index contributed by atoms with van der Waals surface area (Å²) in [7, 11) is 0. The first-order chi connectivity index (χ1) is 18.1. The number of aliphatic hydroxyl groups excluding tert-OH is 2. The summed E-state index contributed by atoms with van der Waals surface area (Å²) < 4.78 is 35.5. The second-order valence-corrected chi connectivity index (χ2v) is 9.62. The fourth-order valence-corrected chi connectivity index (χ4v) is 4.35. The van der Waals surface area contributed by atoms with Crippen LogP contribution >= 0.6 is 11.6 Å². The molecule has 0 bridgehead atoms. The summed E-state index contributed by atoms with van der Waals surface area (Å²) in [6, 6.07) is 8.24. The van der Waals surface area contributed by atoms with E-state index < -0.39 is 36.3 Å². The highest BCUT2D eigenvalue weighted by Crippen LogP contribution is 2.32. The van der Waals surface area contributed by atoms with Gasteiger partial charge in [-0.1, -0.05) is 37.6 Å². The predicted molar refractivity (Wildman–Crippen MR) is 138 cm³/mol. The summed E-state index contributed by atoms with van der Waals surface area (Å²) in [6.07, 6.45) is 1.05. The molecule has 4 aromatic rings. The Labute approximate surface area is 222 Å². The van der Waals surface area contributed by atoms with Crippen molar-refractivity contribution in [2.45, 2.75) is 39.5 Å². The summed E-state index contributed by atoms with van der Waals surface area (Å²) in [6.45, 7) is 4.42. The van der Waals surface area contributed by atoms with Crippen LogP contribution in [0.15, 0.2) is 48.8 Å². The van der Waals surface area contributed by atoms with E-state index in [1.54, 1.807) is 45.0 Å². The Morgan fingerprint density at radius 1 is 1.21 bits per heavy atom. The van der Waals surface area contributed by atoms with Gasteiger partial charge in [0.2, 0.25) is 5.91 Å². The van der Waals surface area contributed by atoms with Crippen molar-refractivity contribution in [1.29, 1.82) is 0 Å². The number of carbonyl (C=O) groups excluding carboxylic acids is 1. The molecule has 38 heavy (non-hydrogen) atoms. The minimum absolute atomic E-state index is 0.0363. The smallest absolute Gasteiger partial charge is 0.249 e. The molecule has 0 radical (unpaired) electrons. The number of carbonyl (C=O) groups is 1. The lowest BCUT2D eigenvalue weighted by Gasteiger charge is -2.24. The first kappa shape index (κ1) is 27.4. The first-order valence-electron chi connectivity index (χ1n) is 11.9. The van der Waals surface area contributed by atoms with Gasteiger partial charge in [0, 0.05) is 16.6 Å². The van der Waals surface area contributed by atoms with Crippen molar-refractivity contribution in [2.24, 2.45) is 5.92 Å². The molecule has 0 fully saturated rings. The van der Waals surface area contributed by atoms with Crippen molar-refractivity contribution < 1.29 is 28.5 Å². The summed E-state index contributed by atoms with van der Waals surface area (Å²) >= 11 is 6.38. The van der Waals surface area contributed by atoms with Gasteiger partial charge in [-0.3, -0.25) is 4.79 Å². The number of halogens is 3. The van der Waals surface area contributed by atoms with E-state index >= 15 is 0 Å². The summed E-state index contributed by atoms with van der Waals surface area (Å²) in [5.41, 5.74) is 2.29. The van der Waals surface area contributed by atoms with E-state index in [-0.39, 0.29) is 23.1 Å². The number of rotatable bonds is 9. The van der Waals surface area contributed by atoms with Crippen LogP contribution in [0.4, 0.5) is 8.78 Å². The maximum Gasteiger partial charge on any atom is 0.249 e. The van der Waals surface area contributed by atoms with Crippen molar-refractivity contribution in [3.05, 3.63) is 82.3 Å². The van der Waals surface area contributed by atoms with Crippen LogP contribution in [0.3, 0.4) is 0 Å². The largest absolute Gasteiger partial charge is 0.487 e. The Morgan fingerprint density at radius 3 is 2.63 bits per heavy atom. The van der Waals surface area contributed by atoms with Crippen molar-refractivity contribution in [3.63, 3.8) is 0 Å². The highest BCUT2D eigenvalue weighted by atomic mass is 35.5. The number of aromatic nitrogens is 3. The molecular weight excluding hydrogens is 518 g/mol. The molecule has 200 valence electrons. The zero-order chi connectivity index (χ0) is 27.6. The molecule has 3 N–H and O–H groups in total. The molecule has 1 amide bonds. The van der Waals surface area contributed by atoms with Gasteiger partial charge in [-0.05, 0) is 42.7 Å². The second kappa shape index (κ2) is 11.4. The van der Waals surface area contributed by atoms with Gasteiger partial charge in [0.15, 0.2) is 5.82 Å². The van der Waals surface area contributed by atoms with Gasteiger partial charge in [-0.2, -0.15) is 5.10 Å². The third-order valence-corrected chi connectivity index (χ3v) is 6.39. The molecule has 2 atom stereocenters. The number of hydrogen-bond donors (Lipinski definition) is 3. The minimum atomic E-state index is -1.31. The number of aliphatic hydroxyl groups is 2. The van der Waals surface area contributed by atoms with Gasteiger partial charge in [-0.25, -0.2) is 18.4 Å². The van der Waals surface area contributed by atoms with Crippen molar-refractivity contribution in [2.75, 3.05) is 6.61 Å². The van der Waals surface area contributed by atoms with E-state index in [1.807, 2.05) is 0 Å². The van der Waals surface area contributed by atoms with Gasteiger partial charge < -0.3 is 20.3 Å². The number of aryl methyl sites for hydroxylation is 1. The van der Waals surface area contributed by atoms with E-state index in [9.17, 15) is 23.8 Å². The Kier molecular flexibility index (Phi) is 8.25. The lowest BCUT2D eigenvalue weighted by atomic mass is 9.99. The molecule has 2 aromatic heterocycles. The molecule has 2 heterocycles. The van der Waals surface area contributed by atoms with Crippen LogP contribution in [-0.4, -0.2) is 43.6 Å². The average molecular weight is 545 g/mol. The summed E-state index contributed by atoms with van der Waals surface area (Å²) in [5.74, 6) is -1.83. The number of fused-ring (bicyclic) bond motifs is 1. The third kappa shape index (κ3) is 5.77. The standard InChI is InChI=1S/C27H27ClF2N4O4/c1-14(2)26(36)27(37)33-22(12-35)19-8-16(29)9-21(28)20(19)13-38-24-6-4-5-18-23(7-15(3)32-25(18)24)34-11-17(30)10-31-34/h4-11,14,22,26,35-36H,12-13H2,1-3H3,(H,33,37)/t22-,26-/m0/s1. The van der Waals surface area contributed by atoms with E-state index in [0.29, 0.717) is 33.6 Å². The number of nitrogens with one attached hydrogen (secondary N) is 1. The number of amides is 1. The Morgan fingerprint density at radius 2 is 1.97 bits per heavy atom. The van der Waals surface area contributed by atoms with Crippen LogP contribution in [0.25, 0.3) is 16.6 Å². The second-order valence-electron chi connectivity index (χ2n) is 9.21. The SMILES string of the molecule is Cc1cc(-n2cc(F)cn2)c2cccc(OCc3c(Cl)cc(F)cc3[C@H](CO)NC(=O)[C@@H](O)C(C)C)c2n1. The summed E-state index contributed by atoms with van der Waals surface area (Å²) in [5, 5.41) is 27.4. The van der Waals surface area contributed by atoms with Gasteiger partial charge in [0.05, 0.1) is 35.8 Å². The fourth-order valence-electron chi connectivity index (χ4n) is 4.09. The van der Waals surface area contributed by atoms with Crippen LogP contribution in [0.5, 0.6) is 5.75 Å². The number of hydrogen-bond acceptors (Lipinski definition) is 6. The molecule has 0 saturated heterocycles. The molecule has 2 aromatic carbocycles. The lowest BCUT2D eigenvalue weighted by molar-refractivity contribution is -0.132. The number of ether oxygens (including phenoxy) is 1. The number of para-hydroxylation sites is 1. The lowest BCUT2D eigenvalue weighted by Crippen LogP contribution is -2.41. The van der Waals surface area contributed by atoms with E-state index in [0.717, 1.165) is 18.3 Å². The zero-order valence-corrected chi connectivity index (χ0v) is 21.7. The van der Waals surface area contributed by atoms with Crippen molar-refractivity contribution >= 4 is 28.4 Å². The van der Waals surface area contributed by atoms with Crippen molar-refractivity contribution in [3.8, 4) is 11.4 Å². The molecule has 0 aliphatic rings. The monoisotopic (exact) mass is 544 g/mol. The fraction of sp³-hybridized carbons (Fsp3) is 0.296. The molecule has 0 aliphatic heterocycles. The number of benzene rings is 2. The number of pyridine rings is 1. The third-order valence-electron chi connectivity index (χ3n) is 6.05. The summed E-state index contributed by atoms with van der Waals surface area (Å²) in [4.78, 5) is 17.0. The normalized spacial score (nSPS) is 13.1.